The van der Waals surface area contributed by atoms with Crippen molar-refractivity contribution in [3.8, 4) is 0 Å². The Hall–Kier alpha value is -3.01. The third-order valence-corrected chi connectivity index (χ3v) is 6.05. The van der Waals surface area contributed by atoms with E-state index in [0.29, 0.717) is 5.02 Å². The zero-order valence-electron chi connectivity index (χ0n) is 19.7. The Balaban J connectivity index is 1.91. The maximum Gasteiger partial charge on any atom is 0.326 e. The number of hydrogen-bond donors (Lipinski definition) is 8. The molecule has 1 saturated heterocycles. The molecule has 1 aliphatic rings. The maximum absolute atomic E-state index is 12.3. The Kier molecular flexibility index (Phi) is 11.7. The second-order valence-electron chi connectivity index (χ2n) is 8.43. The molecule has 0 aliphatic carbocycles. The number of anilines is 1. The number of aliphatic hydroxyl groups excluding tert-OH is 3. The van der Waals surface area contributed by atoms with E-state index >= 15 is 0 Å². The Bertz CT molecular complexity index is 1060. The minimum atomic E-state index is -1.78. The number of ether oxygens (including phenoxy) is 1. The SMILES string of the molecule is O=C(O)CC[C@H](NC(=O)CC1OC(CNC(=O)CC(=O)Nc2ccc(Cl)cc2Cl)C(O)C(O)C1O)C(=O)O. The zero-order chi connectivity index (χ0) is 28.6. The molecule has 1 aromatic carbocycles. The largest absolute Gasteiger partial charge is 0.481 e. The third kappa shape index (κ3) is 9.38. The highest BCUT2D eigenvalue weighted by Gasteiger charge is 2.44. The quantitative estimate of drug-likeness (QED) is 0.141. The number of nitrogens with one attached hydrogen (secondary N) is 3. The van der Waals surface area contributed by atoms with Crippen LogP contribution in [0.5, 0.6) is 0 Å². The van der Waals surface area contributed by atoms with Crippen LogP contribution in [0.4, 0.5) is 5.69 Å². The van der Waals surface area contributed by atoms with Crippen molar-refractivity contribution in [2.24, 2.45) is 0 Å². The summed E-state index contributed by atoms with van der Waals surface area (Å²) < 4.78 is 5.46. The fraction of sp³-hybridized carbons (Fsp3) is 0.500. The summed E-state index contributed by atoms with van der Waals surface area (Å²) in [6.07, 6.45) is -10.1. The number of aliphatic carboxylic acids is 2. The number of halogens is 2. The molecule has 5 unspecified atom stereocenters. The van der Waals surface area contributed by atoms with Crippen molar-refractivity contribution in [1.82, 2.24) is 10.6 Å². The molecule has 1 aromatic rings. The van der Waals surface area contributed by atoms with Crippen LogP contribution in [0.2, 0.25) is 10.0 Å². The van der Waals surface area contributed by atoms with Gasteiger partial charge in [0.25, 0.3) is 0 Å². The number of hydrogen-bond acceptors (Lipinski definition) is 9. The third-order valence-electron chi connectivity index (χ3n) is 5.50. The van der Waals surface area contributed by atoms with Gasteiger partial charge in [-0.1, -0.05) is 23.2 Å². The van der Waals surface area contributed by atoms with Crippen molar-refractivity contribution in [2.45, 2.75) is 62.2 Å². The number of carbonyl (C=O) groups is 5. The number of carboxylic acid groups (broad SMARTS) is 2. The summed E-state index contributed by atoms with van der Waals surface area (Å²) in [7, 11) is 0. The summed E-state index contributed by atoms with van der Waals surface area (Å²) in [4.78, 5) is 58.6. The van der Waals surface area contributed by atoms with Crippen LogP contribution in [0.1, 0.15) is 25.7 Å². The Morgan fingerprint density at radius 2 is 1.58 bits per heavy atom. The van der Waals surface area contributed by atoms with E-state index in [0.717, 1.165) is 0 Å². The first-order valence-electron chi connectivity index (χ1n) is 11.2. The lowest BCUT2D eigenvalue weighted by atomic mass is 9.93. The Labute approximate surface area is 225 Å². The van der Waals surface area contributed by atoms with Gasteiger partial charge in [0, 0.05) is 18.0 Å². The van der Waals surface area contributed by atoms with E-state index < -0.39 is 98.4 Å². The number of aliphatic hydroxyl groups is 3. The van der Waals surface area contributed by atoms with E-state index in [2.05, 4.69) is 16.0 Å². The monoisotopic (exact) mass is 579 g/mol. The minimum Gasteiger partial charge on any atom is -0.481 e. The van der Waals surface area contributed by atoms with Gasteiger partial charge in [-0.15, -0.1) is 0 Å². The lowest BCUT2D eigenvalue weighted by Gasteiger charge is -2.40. The van der Waals surface area contributed by atoms with Gasteiger partial charge in [0.1, 0.15) is 36.9 Å². The predicted molar refractivity (Wildman–Crippen MR) is 130 cm³/mol. The standard InChI is InChI=1S/C22H27Cl2N3O11/c23-9-1-2-11(10(24)5-9)26-17(30)7-15(28)25-8-14-20(34)21(35)19(33)13(38-14)6-16(29)27-12(22(36)37)3-4-18(31)32/h1-2,5,12-14,19-21,33-35H,3-4,6-8H2,(H,25,28)(H,26,30)(H,27,29)(H,31,32)(H,36,37)/t12-,13?,14?,19?,20?,21?/m0/s1. The molecule has 2 rings (SSSR count). The average Bonchev–Trinajstić information content (AvgIpc) is 2.82. The number of benzene rings is 1. The highest BCUT2D eigenvalue weighted by Crippen LogP contribution is 2.26. The summed E-state index contributed by atoms with van der Waals surface area (Å²) in [6, 6.07) is 2.81. The minimum absolute atomic E-state index is 0.157. The van der Waals surface area contributed by atoms with Crippen molar-refractivity contribution < 1.29 is 54.2 Å². The summed E-state index contributed by atoms with van der Waals surface area (Å²) in [5.41, 5.74) is 0.228. The average molecular weight is 580 g/mol. The molecule has 0 spiro atoms. The van der Waals surface area contributed by atoms with E-state index in [1.807, 2.05) is 0 Å². The van der Waals surface area contributed by atoms with Crippen molar-refractivity contribution in [3.63, 3.8) is 0 Å². The molecule has 16 heteroatoms. The van der Waals surface area contributed by atoms with Crippen LogP contribution in [0.25, 0.3) is 0 Å². The van der Waals surface area contributed by atoms with Crippen LogP contribution in [0.15, 0.2) is 18.2 Å². The molecule has 38 heavy (non-hydrogen) atoms. The first kappa shape index (κ1) is 31.2. The van der Waals surface area contributed by atoms with E-state index in [9.17, 15) is 39.3 Å². The number of carboxylic acids is 2. The molecule has 3 amide bonds. The Morgan fingerprint density at radius 1 is 0.921 bits per heavy atom. The highest BCUT2D eigenvalue weighted by atomic mass is 35.5. The lowest BCUT2D eigenvalue weighted by Crippen LogP contribution is -2.60. The molecule has 14 nitrogen and oxygen atoms in total. The van der Waals surface area contributed by atoms with Gasteiger partial charge in [0.2, 0.25) is 17.7 Å². The lowest BCUT2D eigenvalue weighted by molar-refractivity contribution is -0.221. The first-order chi connectivity index (χ1) is 17.8. The van der Waals surface area contributed by atoms with Gasteiger partial charge in [-0.2, -0.15) is 0 Å². The van der Waals surface area contributed by atoms with Gasteiger partial charge in [-0.25, -0.2) is 4.79 Å². The van der Waals surface area contributed by atoms with Gasteiger partial charge in [0.15, 0.2) is 0 Å². The number of carbonyl (C=O) groups excluding carboxylic acids is 3. The number of rotatable bonds is 12. The second kappa shape index (κ2) is 14.2. The van der Waals surface area contributed by atoms with Gasteiger partial charge in [0.05, 0.1) is 23.2 Å². The molecule has 0 bridgehead atoms. The first-order valence-corrected chi connectivity index (χ1v) is 12.0. The smallest absolute Gasteiger partial charge is 0.326 e. The molecule has 1 fully saturated rings. The van der Waals surface area contributed by atoms with Crippen LogP contribution in [-0.2, 0) is 28.7 Å². The normalized spacial score (nSPS) is 23.7. The van der Waals surface area contributed by atoms with E-state index in [1.54, 1.807) is 0 Å². The van der Waals surface area contributed by atoms with Crippen LogP contribution in [0, 0.1) is 0 Å². The molecule has 6 atom stereocenters. The topological polar surface area (TPSA) is 232 Å². The van der Waals surface area contributed by atoms with Crippen LogP contribution < -0.4 is 16.0 Å². The number of amides is 3. The highest BCUT2D eigenvalue weighted by molar-refractivity contribution is 6.36. The Morgan fingerprint density at radius 3 is 2.18 bits per heavy atom. The molecule has 1 heterocycles. The van der Waals surface area contributed by atoms with Crippen molar-refractivity contribution in [1.29, 1.82) is 0 Å². The summed E-state index contributed by atoms with van der Waals surface area (Å²) >= 11 is 11.8. The van der Waals surface area contributed by atoms with Gasteiger partial charge in [-0.05, 0) is 24.6 Å². The van der Waals surface area contributed by atoms with Gasteiger partial charge >= 0.3 is 11.9 Å². The summed E-state index contributed by atoms with van der Waals surface area (Å²) in [5.74, 6) is -5.14. The fourth-order valence-electron chi connectivity index (χ4n) is 3.53. The molecule has 1 aliphatic heterocycles. The second-order valence-corrected chi connectivity index (χ2v) is 9.28. The molecule has 210 valence electrons. The van der Waals surface area contributed by atoms with E-state index in [4.69, 9.17) is 38.2 Å². The summed E-state index contributed by atoms with van der Waals surface area (Å²) in [6.45, 7) is -0.409. The predicted octanol–water partition coefficient (Wildman–Crippen LogP) is -0.887. The van der Waals surface area contributed by atoms with Crippen LogP contribution in [-0.4, -0.2) is 98.3 Å². The molecule has 0 saturated carbocycles. The van der Waals surface area contributed by atoms with Crippen LogP contribution in [0.3, 0.4) is 0 Å². The van der Waals surface area contributed by atoms with Crippen molar-refractivity contribution >= 4 is 58.5 Å². The molecule has 8 N–H and O–H groups in total. The molecule has 0 aromatic heterocycles. The molecule has 0 radical (unpaired) electrons. The molecular formula is C22H27Cl2N3O11. The van der Waals surface area contributed by atoms with Crippen LogP contribution >= 0.6 is 23.2 Å². The fourth-order valence-corrected chi connectivity index (χ4v) is 3.99. The van der Waals surface area contributed by atoms with E-state index in [-0.39, 0.29) is 10.7 Å². The van der Waals surface area contributed by atoms with Crippen molar-refractivity contribution in [3.05, 3.63) is 28.2 Å². The van der Waals surface area contributed by atoms with Crippen molar-refractivity contribution in [2.75, 3.05) is 11.9 Å². The zero-order valence-corrected chi connectivity index (χ0v) is 21.2. The van der Waals surface area contributed by atoms with Gasteiger partial charge in [-0.3, -0.25) is 19.2 Å². The van der Waals surface area contributed by atoms with Gasteiger partial charge < -0.3 is 46.2 Å². The summed E-state index contributed by atoms with van der Waals surface area (Å²) in [5, 5.41) is 55.8. The van der Waals surface area contributed by atoms with E-state index in [1.165, 1.54) is 18.2 Å². The maximum atomic E-state index is 12.3. The molecular weight excluding hydrogens is 553 g/mol.